The summed E-state index contributed by atoms with van der Waals surface area (Å²) >= 11 is 13.8. The molecule has 27 heavy (non-hydrogen) atoms. The van der Waals surface area contributed by atoms with E-state index >= 15 is 0 Å². The van der Waals surface area contributed by atoms with Gasteiger partial charge in [-0.05, 0) is 42.0 Å². The van der Waals surface area contributed by atoms with Gasteiger partial charge in [-0.15, -0.1) is 0 Å². The molecule has 0 atom stereocenters. The molecule has 0 radical (unpaired) electrons. The molecule has 4 aromatic rings. The summed E-state index contributed by atoms with van der Waals surface area (Å²) in [7, 11) is 1.60. The van der Waals surface area contributed by atoms with Crippen LogP contribution in [0.3, 0.4) is 0 Å². The van der Waals surface area contributed by atoms with E-state index < -0.39 is 0 Å². The Bertz CT molecular complexity index is 1080. The van der Waals surface area contributed by atoms with Gasteiger partial charge in [0, 0.05) is 21.9 Å². The summed E-state index contributed by atoms with van der Waals surface area (Å²) in [5, 5.41) is 2.27. The predicted octanol–water partition coefficient (Wildman–Crippen LogP) is 6.03. The van der Waals surface area contributed by atoms with Crippen molar-refractivity contribution in [1.82, 2.24) is 14.5 Å². The van der Waals surface area contributed by atoms with Gasteiger partial charge in [-0.1, -0.05) is 47.1 Å². The molecular weight excluding hydrogens is 401 g/mol. The molecule has 0 aliphatic rings. The first kappa shape index (κ1) is 18.2. The van der Waals surface area contributed by atoms with E-state index in [0.29, 0.717) is 10.9 Å². The highest BCUT2D eigenvalue weighted by Crippen LogP contribution is 2.31. The molecule has 0 fully saturated rings. The molecule has 0 aliphatic carbocycles. The van der Waals surface area contributed by atoms with E-state index in [4.69, 9.17) is 32.9 Å². The first-order chi connectivity index (χ1) is 13.1. The molecule has 2 aromatic carbocycles. The lowest BCUT2D eigenvalue weighted by Gasteiger charge is -2.09. The third-order valence-corrected chi connectivity index (χ3v) is 5.55. The minimum Gasteiger partial charge on any atom is -0.481 e. The van der Waals surface area contributed by atoms with Crippen molar-refractivity contribution in [3.8, 4) is 11.6 Å². The van der Waals surface area contributed by atoms with Crippen molar-refractivity contribution < 1.29 is 4.74 Å². The second kappa shape index (κ2) is 7.80. The highest BCUT2D eigenvalue weighted by Gasteiger charge is 2.14. The Morgan fingerprint density at radius 2 is 1.78 bits per heavy atom. The first-order valence-corrected chi connectivity index (χ1v) is 9.94. The Kier molecular flexibility index (Phi) is 5.25. The standard InChI is InChI=1S/C20H15Cl2N3OS/c1-26-19-9-7-16(11-23-19)25-18-10-15(22)6-8-17(18)24-20(25)27-12-13-2-4-14(21)5-3-13/h2-11H,12H2,1H3. The number of ether oxygens (including phenoxy) is 1. The zero-order valence-electron chi connectivity index (χ0n) is 14.4. The predicted molar refractivity (Wildman–Crippen MR) is 111 cm³/mol. The zero-order valence-corrected chi connectivity index (χ0v) is 16.7. The van der Waals surface area contributed by atoms with Gasteiger partial charge in [-0.2, -0.15) is 0 Å². The Morgan fingerprint density at radius 1 is 1.00 bits per heavy atom. The minimum absolute atomic E-state index is 0.566. The summed E-state index contributed by atoms with van der Waals surface area (Å²) in [5.74, 6) is 1.34. The third kappa shape index (κ3) is 3.90. The van der Waals surface area contributed by atoms with Crippen LogP contribution in [0.25, 0.3) is 16.7 Å². The van der Waals surface area contributed by atoms with Gasteiger partial charge in [-0.25, -0.2) is 9.97 Å². The summed E-state index contributed by atoms with van der Waals surface area (Å²) in [6.45, 7) is 0. The molecule has 2 heterocycles. The van der Waals surface area contributed by atoms with E-state index in [2.05, 4.69) is 9.55 Å². The molecule has 0 amide bonds. The molecule has 0 unspecified atom stereocenters. The summed E-state index contributed by atoms with van der Waals surface area (Å²) < 4.78 is 7.23. The van der Waals surface area contributed by atoms with Crippen LogP contribution < -0.4 is 4.74 Å². The Balaban J connectivity index is 1.75. The van der Waals surface area contributed by atoms with Crippen LogP contribution in [0.1, 0.15) is 5.56 Å². The van der Waals surface area contributed by atoms with Crippen molar-refractivity contribution >= 4 is 46.0 Å². The molecule has 4 rings (SSSR count). The van der Waals surface area contributed by atoms with Crippen molar-refractivity contribution in [2.45, 2.75) is 10.9 Å². The molecule has 136 valence electrons. The highest BCUT2D eigenvalue weighted by molar-refractivity contribution is 7.98. The largest absolute Gasteiger partial charge is 0.481 e. The quantitative estimate of drug-likeness (QED) is 0.373. The summed E-state index contributed by atoms with van der Waals surface area (Å²) in [5.41, 5.74) is 3.90. The molecule has 7 heteroatoms. The van der Waals surface area contributed by atoms with Crippen LogP contribution in [-0.4, -0.2) is 21.6 Å². The van der Waals surface area contributed by atoms with Gasteiger partial charge in [0.2, 0.25) is 5.88 Å². The van der Waals surface area contributed by atoms with Crippen LogP contribution in [0, 0.1) is 0 Å². The number of benzene rings is 2. The fourth-order valence-corrected chi connectivity index (χ4v) is 4.00. The topological polar surface area (TPSA) is 39.9 Å². The molecule has 0 bridgehead atoms. The van der Waals surface area contributed by atoms with Crippen molar-refractivity contribution in [2.24, 2.45) is 0 Å². The molecule has 0 aliphatic heterocycles. The SMILES string of the molecule is COc1ccc(-n2c(SCc3ccc(Cl)cc3)nc3ccc(Cl)cc32)cn1. The van der Waals surface area contributed by atoms with Gasteiger partial charge in [0.1, 0.15) is 0 Å². The molecule has 0 spiro atoms. The molecule has 2 aromatic heterocycles. The highest BCUT2D eigenvalue weighted by atomic mass is 35.5. The molecule has 0 saturated carbocycles. The molecular formula is C20H15Cl2N3OS. The van der Waals surface area contributed by atoms with Gasteiger partial charge < -0.3 is 4.74 Å². The van der Waals surface area contributed by atoms with Gasteiger partial charge in [-0.3, -0.25) is 4.57 Å². The maximum Gasteiger partial charge on any atom is 0.213 e. The van der Waals surface area contributed by atoms with Crippen molar-refractivity contribution in [3.05, 3.63) is 76.4 Å². The second-order valence-corrected chi connectivity index (χ2v) is 7.65. The molecule has 0 saturated heterocycles. The number of hydrogen-bond donors (Lipinski definition) is 0. The fourth-order valence-electron chi connectivity index (χ4n) is 2.73. The lowest BCUT2D eigenvalue weighted by Crippen LogP contribution is -1.98. The number of nitrogens with zero attached hydrogens (tertiary/aromatic N) is 3. The van der Waals surface area contributed by atoms with Crippen LogP contribution in [0.5, 0.6) is 5.88 Å². The van der Waals surface area contributed by atoms with Crippen molar-refractivity contribution in [2.75, 3.05) is 7.11 Å². The first-order valence-electron chi connectivity index (χ1n) is 8.20. The van der Waals surface area contributed by atoms with E-state index in [1.807, 2.05) is 54.6 Å². The number of halogens is 2. The Labute approximate surface area is 171 Å². The summed E-state index contributed by atoms with van der Waals surface area (Å²) in [6, 6.07) is 17.3. The van der Waals surface area contributed by atoms with Crippen LogP contribution in [0.2, 0.25) is 10.0 Å². The number of fused-ring (bicyclic) bond motifs is 1. The summed E-state index contributed by atoms with van der Waals surface area (Å²) in [6.07, 6.45) is 1.77. The van der Waals surface area contributed by atoms with Crippen LogP contribution in [0.15, 0.2) is 66.0 Å². The Morgan fingerprint density at radius 3 is 2.48 bits per heavy atom. The van der Waals surface area contributed by atoms with Gasteiger partial charge >= 0.3 is 0 Å². The number of imidazole rings is 1. The summed E-state index contributed by atoms with van der Waals surface area (Å²) in [4.78, 5) is 9.11. The van der Waals surface area contributed by atoms with Gasteiger partial charge in [0.25, 0.3) is 0 Å². The van der Waals surface area contributed by atoms with E-state index in [9.17, 15) is 0 Å². The van der Waals surface area contributed by atoms with Crippen molar-refractivity contribution in [1.29, 1.82) is 0 Å². The normalized spacial score (nSPS) is 11.1. The average molecular weight is 416 g/mol. The molecule has 4 nitrogen and oxygen atoms in total. The smallest absolute Gasteiger partial charge is 0.213 e. The average Bonchev–Trinajstić information content (AvgIpc) is 3.05. The maximum atomic E-state index is 6.23. The molecule has 0 N–H and O–H groups in total. The van der Waals surface area contributed by atoms with E-state index in [0.717, 1.165) is 32.7 Å². The number of aromatic nitrogens is 3. The maximum absolute atomic E-state index is 6.23. The Hall–Kier alpha value is -2.21. The van der Waals surface area contributed by atoms with Gasteiger partial charge in [0.15, 0.2) is 5.16 Å². The lowest BCUT2D eigenvalue weighted by atomic mass is 10.2. The van der Waals surface area contributed by atoms with E-state index in [1.54, 1.807) is 25.1 Å². The van der Waals surface area contributed by atoms with Crippen LogP contribution in [-0.2, 0) is 5.75 Å². The third-order valence-electron chi connectivity index (χ3n) is 4.06. The number of rotatable bonds is 5. The number of methoxy groups -OCH3 is 1. The fraction of sp³-hybridized carbons (Fsp3) is 0.100. The van der Waals surface area contributed by atoms with Gasteiger partial charge in [0.05, 0.1) is 30.0 Å². The zero-order chi connectivity index (χ0) is 18.8. The van der Waals surface area contributed by atoms with E-state index in [1.165, 1.54) is 5.56 Å². The number of hydrogen-bond acceptors (Lipinski definition) is 4. The lowest BCUT2D eigenvalue weighted by molar-refractivity contribution is 0.398. The van der Waals surface area contributed by atoms with E-state index in [-0.39, 0.29) is 0 Å². The van der Waals surface area contributed by atoms with Crippen LogP contribution in [0.4, 0.5) is 0 Å². The van der Waals surface area contributed by atoms with Crippen LogP contribution >= 0.6 is 35.0 Å². The number of thioether (sulfide) groups is 1. The van der Waals surface area contributed by atoms with Crippen molar-refractivity contribution in [3.63, 3.8) is 0 Å². The minimum atomic E-state index is 0.566. The monoisotopic (exact) mass is 415 g/mol. The number of pyridine rings is 1. The second-order valence-electron chi connectivity index (χ2n) is 5.84.